The number of amides is 1. The topological polar surface area (TPSA) is 55.1 Å². The Morgan fingerprint density at radius 1 is 1.25 bits per heavy atom. The third-order valence-corrected chi connectivity index (χ3v) is 3.38. The van der Waals surface area contributed by atoms with Gasteiger partial charge in [-0.05, 0) is 58.7 Å². The largest absolute Gasteiger partial charge is 0.398 e. The second kappa shape index (κ2) is 5.58. The summed E-state index contributed by atoms with van der Waals surface area (Å²) in [6, 6.07) is 6.27. The smallest absolute Gasteiger partial charge is 0.257 e. The van der Waals surface area contributed by atoms with Gasteiger partial charge in [0.25, 0.3) is 5.91 Å². The van der Waals surface area contributed by atoms with Gasteiger partial charge < -0.3 is 11.1 Å². The number of rotatable bonds is 2. The summed E-state index contributed by atoms with van der Waals surface area (Å²) in [6.45, 7) is 1.65. The summed E-state index contributed by atoms with van der Waals surface area (Å²) in [5, 5.41) is 2.58. The van der Waals surface area contributed by atoms with Crippen molar-refractivity contribution < 1.29 is 13.6 Å². The highest BCUT2D eigenvalue weighted by Gasteiger charge is 2.13. The van der Waals surface area contributed by atoms with Crippen molar-refractivity contribution in [3.05, 3.63) is 57.6 Å². The first-order valence-corrected chi connectivity index (χ1v) is 6.50. The first kappa shape index (κ1) is 14.5. The number of nitrogens with two attached hydrogens (primary N) is 1. The van der Waals surface area contributed by atoms with E-state index in [1.165, 1.54) is 24.3 Å². The standard InChI is InChI=1S/C14H11BrF2N2O/c1-7-4-11(17)10(15)6-13(7)19-14(20)9-5-8(16)2-3-12(9)18/h2-6H,18H2,1H3,(H,19,20). The summed E-state index contributed by atoms with van der Waals surface area (Å²) in [5.41, 5.74) is 6.81. The van der Waals surface area contributed by atoms with E-state index in [1.807, 2.05) is 0 Å². The van der Waals surface area contributed by atoms with Crippen LogP contribution in [0.2, 0.25) is 0 Å². The molecule has 0 spiro atoms. The molecular formula is C14H11BrF2N2O. The van der Waals surface area contributed by atoms with Gasteiger partial charge in [-0.15, -0.1) is 0 Å². The Morgan fingerprint density at radius 2 is 1.95 bits per heavy atom. The van der Waals surface area contributed by atoms with Gasteiger partial charge in [0.15, 0.2) is 0 Å². The van der Waals surface area contributed by atoms with Gasteiger partial charge in [-0.2, -0.15) is 0 Å². The van der Waals surface area contributed by atoms with E-state index >= 15 is 0 Å². The van der Waals surface area contributed by atoms with E-state index < -0.39 is 17.5 Å². The number of benzene rings is 2. The minimum absolute atomic E-state index is 0.0323. The summed E-state index contributed by atoms with van der Waals surface area (Å²) in [7, 11) is 0. The lowest BCUT2D eigenvalue weighted by molar-refractivity contribution is 0.102. The van der Waals surface area contributed by atoms with Crippen molar-refractivity contribution in [1.29, 1.82) is 0 Å². The lowest BCUT2D eigenvalue weighted by Gasteiger charge is -2.11. The second-order valence-corrected chi connectivity index (χ2v) is 5.12. The molecule has 0 saturated carbocycles. The van der Waals surface area contributed by atoms with Crippen LogP contribution < -0.4 is 11.1 Å². The number of carbonyl (C=O) groups excluding carboxylic acids is 1. The summed E-state index contributed by atoms with van der Waals surface area (Å²) in [4.78, 5) is 12.1. The van der Waals surface area contributed by atoms with Crippen LogP contribution in [0.4, 0.5) is 20.2 Å². The van der Waals surface area contributed by atoms with Crippen molar-refractivity contribution in [1.82, 2.24) is 0 Å². The minimum Gasteiger partial charge on any atom is -0.398 e. The maximum absolute atomic E-state index is 13.3. The molecule has 0 aliphatic carbocycles. The molecular weight excluding hydrogens is 330 g/mol. The van der Waals surface area contributed by atoms with Crippen LogP contribution in [-0.2, 0) is 0 Å². The summed E-state index contributed by atoms with van der Waals surface area (Å²) >= 11 is 3.04. The van der Waals surface area contributed by atoms with Crippen LogP contribution in [0.15, 0.2) is 34.8 Å². The molecule has 2 rings (SSSR count). The number of anilines is 2. The van der Waals surface area contributed by atoms with Gasteiger partial charge in [0.05, 0.1) is 10.0 Å². The van der Waals surface area contributed by atoms with Gasteiger partial charge in [0.2, 0.25) is 0 Å². The van der Waals surface area contributed by atoms with Crippen LogP contribution in [0.3, 0.4) is 0 Å². The molecule has 0 saturated heterocycles. The van der Waals surface area contributed by atoms with Crippen molar-refractivity contribution in [3.8, 4) is 0 Å². The fourth-order valence-electron chi connectivity index (χ4n) is 1.70. The highest BCUT2D eigenvalue weighted by atomic mass is 79.9. The predicted octanol–water partition coefficient (Wildman–Crippen LogP) is 3.87. The van der Waals surface area contributed by atoms with Gasteiger partial charge in [-0.1, -0.05) is 0 Å². The van der Waals surface area contributed by atoms with Crippen molar-refractivity contribution in [2.24, 2.45) is 0 Å². The SMILES string of the molecule is Cc1cc(F)c(Br)cc1NC(=O)c1cc(F)ccc1N. The zero-order chi connectivity index (χ0) is 14.9. The lowest BCUT2D eigenvalue weighted by Crippen LogP contribution is -2.15. The number of nitrogen functional groups attached to an aromatic ring is 1. The van der Waals surface area contributed by atoms with Gasteiger partial charge in [-0.3, -0.25) is 4.79 Å². The molecule has 1 amide bonds. The molecule has 0 atom stereocenters. The highest BCUT2D eigenvalue weighted by Crippen LogP contribution is 2.25. The Morgan fingerprint density at radius 3 is 2.65 bits per heavy atom. The van der Waals surface area contributed by atoms with Crippen molar-refractivity contribution >= 4 is 33.2 Å². The Labute approximate surface area is 122 Å². The first-order valence-electron chi connectivity index (χ1n) is 5.70. The monoisotopic (exact) mass is 340 g/mol. The zero-order valence-corrected chi connectivity index (χ0v) is 12.1. The summed E-state index contributed by atoms with van der Waals surface area (Å²) in [5.74, 6) is -1.53. The van der Waals surface area contributed by atoms with Crippen LogP contribution in [-0.4, -0.2) is 5.91 Å². The molecule has 0 fully saturated rings. The van der Waals surface area contributed by atoms with E-state index in [-0.39, 0.29) is 15.7 Å². The zero-order valence-electron chi connectivity index (χ0n) is 10.5. The fraction of sp³-hybridized carbons (Fsp3) is 0.0714. The third kappa shape index (κ3) is 2.96. The Balaban J connectivity index is 2.32. The second-order valence-electron chi connectivity index (χ2n) is 4.27. The molecule has 0 bridgehead atoms. The number of halogens is 3. The molecule has 0 heterocycles. The van der Waals surface area contributed by atoms with E-state index in [1.54, 1.807) is 6.92 Å². The van der Waals surface area contributed by atoms with Gasteiger partial charge in [0.1, 0.15) is 11.6 Å². The first-order chi connectivity index (χ1) is 9.38. The Hall–Kier alpha value is -1.95. The maximum atomic E-state index is 13.3. The average molecular weight is 341 g/mol. The van der Waals surface area contributed by atoms with Crippen LogP contribution >= 0.6 is 15.9 Å². The van der Waals surface area contributed by atoms with Crippen LogP contribution in [0.5, 0.6) is 0 Å². The molecule has 0 aromatic heterocycles. The highest BCUT2D eigenvalue weighted by molar-refractivity contribution is 9.10. The molecule has 104 valence electrons. The molecule has 2 aromatic carbocycles. The minimum atomic E-state index is -0.554. The maximum Gasteiger partial charge on any atom is 0.257 e. The number of hydrogen-bond donors (Lipinski definition) is 2. The lowest BCUT2D eigenvalue weighted by atomic mass is 10.1. The Bertz CT molecular complexity index is 689. The molecule has 2 aromatic rings. The number of aryl methyl sites for hydroxylation is 1. The van der Waals surface area contributed by atoms with Crippen LogP contribution in [0, 0.1) is 18.6 Å². The normalized spacial score (nSPS) is 10.4. The molecule has 0 aliphatic rings. The van der Waals surface area contributed by atoms with Gasteiger partial charge in [-0.25, -0.2) is 8.78 Å². The van der Waals surface area contributed by atoms with E-state index in [9.17, 15) is 13.6 Å². The molecule has 3 N–H and O–H groups in total. The fourth-order valence-corrected chi connectivity index (χ4v) is 2.04. The van der Waals surface area contributed by atoms with E-state index in [0.29, 0.717) is 11.3 Å². The van der Waals surface area contributed by atoms with Gasteiger partial charge in [0, 0.05) is 11.4 Å². The average Bonchev–Trinajstić information content (AvgIpc) is 2.38. The van der Waals surface area contributed by atoms with Crippen LogP contribution in [0.25, 0.3) is 0 Å². The van der Waals surface area contributed by atoms with Gasteiger partial charge >= 0.3 is 0 Å². The van der Waals surface area contributed by atoms with E-state index in [0.717, 1.165) is 6.07 Å². The number of nitrogens with one attached hydrogen (secondary N) is 1. The van der Waals surface area contributed by atoms with Crippen molar-refractivity contribution in [3.63, 3.8) is 0 Å². The molecule has 0 unspecified atom stereocenters. The van der Waals surface area contributed by atoms with E-state index in [4.69, 9.17) is 5.73 Å². The molecule has 0 aliphatic heterocycles. The molecule has 6 heteroatoms. The van der Waals surface area contributed by atoms with E-state index in [2.05, 4.69) is 21.2 Å². The Kier molecular flexibility index (Phi) is 4.04. The quantitative estimate of drug-likeness (QED) is 0.815. The predicted molar refractivity (Wildman–Crippen MR) is 77.6 cm³/mol. The van der Waals surface area contributed by atoms with Crippen molar-refractivity contribution in [2.75, 3.05) is 11.1 Å². The molecule has 20 heavy (non-hydrogen) atoms. The van der Waals surface area contributed by atoms with Crippen LogP contribution in [0.1, 0.15) is 15.9 Å². The number of hydrogen-bond acceptors (Lipinski definition) is 2. The third-order valence-electron chi connectivity index (χ3n) is 2.78. The summed E-state index contributed by atoms with van der Waals surface area (Å²) < 4.78 is 26.7. The molecule has 0 radical (unpaired) electrons. The molecule has 3 nitrogen and oxygen atoms in total. The van der Waals surface area contributed by atoms with Crippen molar-refractivity contribution in [2.45, 2.75) is 6.92 Å². The number of carbonyl (C=O) groups is 1. The summed E-state index contributed by atoms with van der Waals surface area (Å²) in [6.07, 6.45) is 0.